The second-order valence-electron chi connectivity index (χ2n) is 6.97. The minimum atomic E-state index is 0.860. The lowest BCUT2D eigenvalue weighted by Crippen LogP contribution is -2.30. The van der Waals surface area contributed by atoms with Crippen LogP contribution in [0.1, 0.15) is 11.1 Å². The molecular formula is C24H24NO2+. The number of hydrogen-bond donors (Lipinski definition) is 0. The Kier molecular flexibility index (Phi) is 4.23. The van der Waals surface area contributed by atoms with Gasteiger partial charge in [-0.15, -0.1) is 0 Å². The van der Waals surface area contributed by atoms with Gasteiger partial charge in [-0.1, -0.05) is 18.2 Å². The van der Waals surface area contributed by atoms with Crippen molar-refractivity contribution in [1.29, 1.82) is 0 Å². The molecule has 0 spiro atoms. The molecular weight excluding hydrogens is 334 g/mol. The minimum Gasteiger partial charge on any atom is -0.497 e. The Morgan fingerprint density at radius 3 is 1.96 bits per heavy atom. The number of fused-ring (bicyclic) bond motifs is 2. The maximum Gasteiger partial charge on any atom is 0.217 e. The summed E-state index contributed by atoms with van der Waals surface area (Å²) in [6, 6.07) is 19.1. The summed E-state index contributed by atoms with van der Waals surface area (Å²) in [4.78, 5) is 0. The van der Waals surface area contributed by atoms with Crippen LogP contribution in [-0.2, 0) is 7.05 Å². The Bertz CT molecular complexity index is 1160. The number of benzene rings is 3. The second kappa shape index (κ2) is 6.58. The summed E-state index contributed by atoms with van der Waals surface area (Å²) in [6.07, 6.45) is 0. The van der Waals surface area contributed by atoms with Gasteiger partial charge in [-0.05, 0) is 54.8 Å². The van der Waals surface area contributed by atoms with Crippen LogP contribution in [0.2, 0.25) is 0 Å². The highest BCUT2D eigenvalue weighted by molar-refractivity contribution is 6.08. The van der Waals surface area contributed by atoms with Gasteiger partial charge >= 0.3 is 0 Å². The van der Waals surface area contributed by atoms with Gasteiger partial charge < -0.3 is 9.47 Å². The fraction of sp³-hybridized carbons (Fsp3) is 0.208. The van der Waals surface area contributed by atoms with E-state index in [2.05, 4.69) is 67.9 Å². The second-order valence-corrected chi connectivity index (χ2v) is 6.97. The van der Waals surface area contributed by atoms with Gasteiger partial charge in [0.1, 0.15) is 18.5 Å². The molecule has 0 amide bonds. The molecule has 4 aromatic rings. The van der Waals surface area contributed by atoms with Crippen LogP contribution >= 0.6 is 0 Å². The van der Waals surface area contributed by atoms with Gasteiger partial charge in [-0.2, -0.15) is 4.57 Å². The quantitative estimate of drug-likeness (QED) is 0.375. The molecule has 0 saturated carbocycles. The van der Waals surface area contributed by atoms with Gasteiger partial charge in [0.05, 0.1) is 31.1 Å². The third kappa shape index (κ3) is 2.71. The Morgan fingerprint density at radius 1 is 0.667 bits per heavy atom. The van der Waals surface area contributed by atoms with E-state index < -0.39 is 0 Å². The average molecular weight is 358 g/mol. The van der Waals surface area contributed by atoms with Crippen LogP contribution in [0.4, 0.5) is 0 Å². The standard InChI is InChI=1S/C24H24NO2/c1-15-7-6-8-16(2)23(15)24-19-11-9-18(27-5)14-22(19)25(3)21-12-10-17(26-4)13-20(21)24/h6-14H,1-5H3/q+1. The molecule has 0 atom stereocenters. The molecule has 27 heavy (non-hydrogen) atoms. The molecule has 0 unspecified atom stereocenters. The van der Waals surface area contributed by atoms with Gasteiger partial charge in [0, 0.05) is 11.6 Å². The van der Waals surface area contributed by atoms with Crippen LogP contribution in [0.5, 0.6) is 11.5 Å². The Balaban J connectivity index is 2.27. The zero-order valence-electron chi connectivity index (χ0n) is 16.5. The van der Waals surface area contributed by atoms with Crippen molar-refractivity contribution in [3.05, 3.63) is 65.7 Å². The summed E-state index contributed by atoms with van der Waals surface area (Å²) >= 11 is 0. The highest BCUT2D eigenvalue weighted by atomic mass is 16.5. The van der Waals surface area contributed by atoms with Crippen molar-refractivity contribution in [1.82, 2.24) is 0 Å². The molecule has 0 fully saturated rings. The number of aromatic nitrogens is 1. The minimum absolute atomic E-state index is 0.860. The average Bonchev–Trinajstić information content (AvgIpc) is 2.69. The lowest BCUT2D eigenvalue weighted by atomic mass is 9.90. The molecule has 0 aliphatic carbocycles. The number of rotatable bonds is 3. The Morgan fingerprint density at radius 2 is 1.30 bits per heavy atom. The van der Waals surface area contributed by atoms with E-state index in [1.165, 1.54) is 33.0 Å². The number of pyridine rings is 1. The zero-order chi connectivity index (χ0) is 19.1. The van der Waals surface area contributed by atoms with E-state index >= 15 is 0 Å². The fourth-order valence-corrected chi connectivity index (χ4v) is 4.02. The first kappa shape index (κ1) is 17.3. The predicted molar refractivity (Wildman–Crippen MR) is 111 cm³/mol. The first-order valence-corrected chi connectivity index (χ1v) is 9.09. The Labute approximate surface area is 159 Å². The van der Waals surface area contributed by atoms with Crippen LogP contribution in [-0.4, -0.2) is 14.2 Å². The SMILES string of the molecule is COc1ccc2c(c1)c(-c1c(C)cccc1C)c1ccc(OC)cc1[n+]2C. The maximum atomic E-state index is 5.53. The van der Waals surface area contributed by atoms with E-state index in [1.54, 1.807) is 14.2 Å². The van der Waals surface area contributed by atoms with Crippen LogP contribution in [0.3, 0.4) is 0 Å². The van der Waals surface area contributed by atoms with Gasteiger partial charge in [0.15, 0.2) is 0 Å². The molecule has 0 aliphatic rings. The molecule has 0 radical (unpaired) electrons. The number of methoxy groups -OCH3 is 2. The molecule has 4 rings (SSSR count). The molecule has 1 heterocycles. The van der Waals surface area contributed by atoms with E-state index in [1.807, 2.05) is 12.1 Å². The number of nitrogens with zero attached hydrogens (tertiary/aromatic N) is 1. The van der Waals surface area contributed by atoms with E-state index in [0.717, 1.165) is 22.5 Å². The summed E-state index contributed by atoms with van der Waals surface area (Å²) < 4.78 is 13.2. The van der Waals surface area contributed by atoms with Crippen molar-refractivity contribution < 1.29 is 14.0 Å². The fourth-order valence-electron chi connectivity index (χ4n) is 4.02. The van der Waals surface area contributed by atoms with Crippen LogP contribution in [0.25, 0.3) is 32.9 Å². The highest BCUT2D eigenvalue weighted by Gasteiger charge is 2.22. The topological polar surface area (TPSA) is 22.3 Å². The molecule has 3 aromatic carbocycles. The number of hydrogen-bond acceptors (Lipinski definition) is 2. The van der Waals surface area contributed by atoms with Crippen LogP contribution in [0.15, 0.2) is 54.6 Å². The molecule has 3 nitrogen and oxygen atoms in total. The molecule has 0 aliphatic heterocycles. The summed E-state index contributed by atoms with van der Waals surface area (Å²) in [7, 11) is 5.52. The predicted octanol–water partition coefficient (Wildman–Crippen LogP) is 5.12. The Hall–Kier alpha value is -3.07. The molecule has 1 aromatic heterocycles. The maximum absolute atomic E-state index is 5.53. The van der Waals surface area contributed by atoms with E-state index in [0.29, 0.717) is 0 Å². The van der Waals surface area contributed by atoms with E-state index in [9.17, 15) is 0 Å². The van der Waals surface area contributed by atoms with Crippen molar-refractivity contribution >= 4 is 21.8 Å². The first-order chi connectivity index (χ1) is 13.0. The van der Waals surface area contributed by atoms with Gasteiger partial charge in [0.25, 0.3) is 0 Å². The first-order valence-electron chi connectivity index (χ1n) is 9.09. The van der Waals surface area contributed by atoms with Crippen molar-refractivity contribution in [3.8, 4) is 22.6 Å². The van der Waals surface area contributed by atoms with Crippen molar-refractivity contribution in [2.75, 3.05) is 14.2 Å². The van der Waals surface area contributed by atoms with Crippen molar-refractivity contribution in [3.63, 3.8) is 0 Å². The smallest absolute Gasteiger partial charge is 0.217 e. The summed E-state index contributed by atoms with van der Waals surface area (Å²) in [5.74, 6) is 1.72. The highest BCUT2D eigenvalue weighted by Crippen LogP contribution is 2.39. The van der Waals surface area contributed by atoms with Crippen LogP contribution < -0.4 is 14.0 Å². The molecule has 3 heteroatoms. The zero-order valence-corrected chi connectivity index (χ0v) is 16.5. The third-order valence-corrected chi connectivity index (χ3v) is 5.40. The van der Waals surface area contributed by atoms with Crippen LogP contribution in [0, 0.1) is 13.8 Å². The molecule has 0 bridgehead atoms. The number of aryl methyl sites for hydroxylation is 3. The van der Waals surface area contributed by atoms with E-state index in [-0.39, 0.29) is 0 Å². The van der Waals surface area contributed by atoms with Crippen molar-refractivity contribution in [2.24, 2.45) is 7.05 Å². The lowest BCUT2D eigenvalue weighted by Gasteiger charge is -2.16. The van der Waals surface area contributed by atoms with Gasteiger partial charge in [0.2, 0.25) is 11.0 Å². The summed E-state index contributed by atoms with van der Waals surface area (Å²) in [6.45, 7) is 4.35. The van der Waals surface area contributed by atoms with Gasteiger partial charge in [-0.25, -0.2) is 0 Å². The normalized spacial score (nSPS) is 11.1. The van der Waals surface area contributed by atoms with Crippen molar-refractivity contribution in [2.45, 2.75) is 13.8 Å². The summed E-state index contributed by atoms with van der Waals surface area (Å²) in [5.41, 5.74) is 7.37. The summed E-state index contributed by atoms with van der Waals surface area (Å²) in [5, 5.41) is 2.39. The van der Waals surface area contributed by atoms with Gasteiger partial charge in [-0.3, -0.25) is 0 Å². The van der Waals surface area contributed by atoms with E-state index in [4.69, 9.17) is 9.47 Å². The lowest BCUT2D eigenvalue weighted by molar-refractivity contribution is -0.617. The molecule has 136 valence electrons. The largest absolute Gasteiger partial charge is 0.497 e. The number of ether oxygens (including phenoxy) is 2. The monoisotopic (exact) mass is 358 g/mol. The third-order valence-electron chi connectivity index (χ3n) is 5.40. The molecule has 0 saturated heterocycles. The molecule has 0 N–H and O–H groups in total.